The van der Waals surface area contributed by atoms with Crippen LogP contribution in [0.4, 0.5) is 0 Å². The average Bonchev–Trinajstić information content (AvgIpc) is 2.61. The van der Waals surface area contributed by atoms with Gasteiger partial charge in [-0.2, -0.15) is 0 Å². The largest absolute Gasteiger partial charge is 0.463 e. The monoisotopic (exact) mass is 368 g/mol. The van der Waals surface area contributed by atoms with Gasteiger partial charge >= 0.3 is 6.01 Å². The standard InChI is InChI=1S/C21H28N4O2/c1-16-4-3-5-19(23-16)13-25-14-21(15-25)12-18(8-11-27-21)7-10-26-20-22-9-6-17(2)24-20/h3-6,9,18H,7-8,10-15H2,1-2H3/t18-/m1/s1. The summed E-state index contributed by atoms with van der Waals surface area (Å²) < 4.78 is 11.9. The molecule has 4 rings (SSSR count). The summed E-state index contributed by atoms with van der Waals surface area (Å²) in [6.07, 6.45) is 5.00. The highest BCUT2D eigenvalue weighted by molar-refractivity contribution is 5.11. The van der Waals surface area contributed by atoms with E-state index in [4.69, 9.17) is 9.47 Å². The molecule has 1 spiro atoms. The first-order valence-electron chi connectivity index (χ1n) is 9.82. The normalized spacial score (nSPS) is 21.8. The molecule has 0 amide bonds. The fourth-order valence-electron chi connectivity index (χ4n) is 4.21. The number of pyridine rings is 1. The number of likely N-dealkylation sites (tertiary alicyclic amines) is 1. The SMILES string of the molecule is Cc1cccc(CN2CC3(C[C@H](CCOc4nccc(C)n4)CCO3)C2)n1. The predicted octanol–water partition coefficient (Wildman–Crippen LogP) is 2.94. The van der Waals surface area contributed by atoms with Crippen LogP contribution in [0.3, 0.4) is 0 Å². The van der Waals surface area contributed by atoms with Gasteiger partial charge in [0.15, 0.2) is 0 Å². The topological polar surface area (TPSA) is 60.4 Å². The van der Waals surface area contributed by atoms with Gasteiger partial charge in [0.05, 0.1) is 17.9 Å². The maximum Gasteiger partial charge on any atom is 0.316 e. The van der Waals surface area contributed by atoms with Crippen LogP contribution in [-0.4, -0.2) is 51.8 Å². The zero-order chi connectivity index (χ0) is 18.7. The molecule has 6 nitrogen and oxygen atoms in total. The number of hydrogen-bond acceptors (Lipinski definition) is 6. The zero-order valence-electron chi connectivity index (χ0n) is 16.2. The summed E-state index contributed by atoms with van der Waals surface area (Å²) >= 11 is 0. The third kappa shape index (κ3) is 4.62. The van der Waals surface area contributed by atoms with E-state index >= 15 is 0 Å². The Balaban J connectivity index is 1.23. The van der Waals surface area contributed by atoms with Crippen molar-refractivity contribution in [3.63, 3.8) is 0 Å². The minimum Gasteiger partial charge on any atom is -0.463 e. The van der Waals surface area contributed by atoms with Crippen LogP contribution in [0.1, 0.15) is 36.3 Å². The van der Waals surface area contributed by atoms with Crippen molar-refractivity contribution in [1.29, 1.82) is 0 Å². The van der Waals surface area contributed by atoms with Gasteiger partial charge in [-0.05, 0) is 57.2 Å². The van der Waals surface area contributed by atoms with E-state index in [1.54, 1.807) is 6.20 Å². The quantitative estimate of drug-likeness (QED) is 0.781. The molecule has 2 saturated heterocycles. The van der Waals surface area contributed by atoms with Gasteiger partial charge in [-0.3, -0.25) is 9.88 Å². The van der Waals surface area contributed by atoms with Crippen molar-refractivity contribution in [2.24, 2.45) is 5.92 Å². The van der Waals surface area contributed by atoms with Crippen LogP contribution in [-0.2, 0) is 11.3 Å². The van der Waals surface area contributed by atoms with Crippen molar-refractivity contribution in [3.05, 3.63) is 47.5 Å². The van der Waals surface area contributed by atoms with Gasteiger partial charge in [0, 0.05) is 43.8 Å². The first-order valence-corrected chi connectivity index (χ1v) is 9.82. The van der Waals surface area contributed by atoms with Crippen LogP contribution >= 0.6 is 0 Å². The molecule has 0 saturated carbocycles. The van der Waals surface area contributed by atoms with Crippen molar-refractivity contribution in [2.45, 2.75) is 45.3 Å². The summed E-state index contributed by atoms with van der Waals surface area (Å²) in [7, 11) is 0. The predicted molar refractivity (Wildman–Crippen MR) is 103 cm³/mol. The van der Waals surface area contributed by atoms with E-state index in [2.05, 4.69) is 32.0 Å². The molecular weight excluding hydrogens is 340 g/mol. The second kappa shape index (κ2) is 7.90. The van der Waals surface area contributed by atoms with Gasteiger partial charge in [-0.1, -0.05) is 6.07 Å². The summed E-state index contributed by atoms with van der Waals surface area (Å²) in [5.74, 6) is 0.641. The van der Waals surface area contributed by atoms with Gasteiger partial charge in [0.2, 0.25) is 0 Å². The van der Waals surface area contributed by atoms with Crippen molar-refractivity contribution in [2.75, 3.05) is 26.3 Å². The van der Waals surface area contributed by atoms with Crippen LogP contribution in [0, 0.1) is 19.8 Å². The molecule has 0 bridgehead atoms. The summed E-state index contributed by atoms with van der Waals surface area (Å²) in [6, 6.07) is 8.59. The molecule has 0 radical (unpaired) electrons. The Morgan fingerprint density at radius 1 is 1.19 bits per heavy atom. The van der Waals surface area contributed by atoms with Crippen molar-refractivity contribution in [3.8, 4) is 6.01 Å². The Morgan fingerprint density at radius 3 is 2.85 bits per heavy atom. The van der Waals surface area contributed by atoms with Gasteiger partial charge in [0.1, 0.15) is 0 Å². The highest BCUT2D eigenvalue weighted by atomic mass is 16.5. The molecule has 6 heteroatoms. The molecule has 4 heterocycles. The lowest BCUT2D eigenvalue weighted by molar-refractivity contribution is -0.182. The molecular formula is C21H28N4O2. The molecule has 2 aromatic rings. The molecule has 2 aliphatic rings. The Bertz CT molecular complexity index is 776. The van der Waals surface area contributed by atoms with Crippen LogP contribution in [0.15, 0.2) is 30.5 Å². The summed E-state index contributed by atoms with van der Waals surface area (Å²) in [5.41, 5.74) is 3.19. The molecule has 0 aromatic carbocycles. The van der Waals surface area contributed by atoms with E-state index in [1.165, 1.54) is 0 Å². The molecule has 0 N–H and O–H groups in total. The van der Waals surface area contributed by atoms with Crippen molar-refractivity contribution < 1.29 is 9.47 Å². The minimum absolute atomic E-state index is 0.0343. The number of nitrogens with zero attached hydrogens (tertiary/aromatic N) is 4. The third-order valence-electron chi connectivity index (χ3n) is 5.48. The van der Waals surface area contributed by atoms with E-state index in [-0.39, 0.29) is 5.60 Å². The highest BCUT2D eigenvalue weighted by Gasteiger charge is 2.47. The van der Waals surface area contributed by atoms with E-state index in [0.29, 0.717) is 18.5 Å². The number of ether oxygens (including phenoxy) is 2. The van der Waals surface area contributed by atoms with Crippen LogP contribution in [0.2, 0.25) is 0 Å². The van der Waals surface area contributed by atoms with E-state index in [9.17, 15) is 0 Å². The Labute approximate surface area is 161 Å². The smallest absolute Gasteiger partial charge is 0.316 e. The average molecular weight is 368 g/mol. The molecule has 0 unspecified atom stereocenters. The first kappa shape index (κ1) is 18.3. The lowest BCUT2D eigenvalue weighted by atomic mass is 9.79. The second-order valence-electron chi connectivity index (χ2n) is 7.92. The molecule has 27 heavy (non-hydrogen) atoms. The number of hydrogen-bond donors (Lipinski definition) is 0. The molecule has 2 aliphatic heterocycles. The lowest BCUT2D eigenvalue weighted by Crippen LogP contribution is -2.64. The summed E-state index contributed by atoms with van der Waals surface area (Å²) in [6.45, 7) is 8.42. The van der Waals surface area contributed by atoms with Crippen molar-refractivity contribution in [1.82, 2.24) is 19.9 Å². The fraction of sp³-hybridized carbons (Fsp3) is 0.571. The summed E-state index contributed by atoms with van der Waals surface area (Å²) in [4.78, 5) is 15.5. The molecule has 2 aromatic heterocycles. The van der Waals surface area contributed by atoms with Gasteiger partial charge in [-0.15, -0.1) is 0 Å². The van der Waals surface area contributed by atoms with Gasteiger partial charge in [-0.25, -0.2) is 9.97 Å². The van der Waals surface area contributed by atoms with E-state index < -0.39 is 0 Å². The fourth-order valence-corrected chi connectivity index (χ4v) is 4.21. The Hall–Kier alpha value is -2.05. The molecule has 1 atom stereocenters. The Kier molecular flexibility index (Phi) is 5.36. The lowest BCUT2D eigenvalue weighted by Gasteiger charge is -2.53. The minimum atomic E-state index is 0.0343. The van der Waals surface area contributed by atoms with Gasteiger partial charge < -0.3 is 9.47 Å². The zero-order valence-corrected chi connectivity index (χ0v) is 16.2. The Morgan fingerprint density at radius 2 is 2.04 bits per heavy atom. The van der Waals surface area contributed by atoms with Crippen LogP contribution in [0.5, 0.6) is 6.01 Å². The molecule has 0 aliphatic carbocycles. The number of rotatable bonds is 6. The maximum absolute atomic E-state index is 6.18. The summed E-state index contributed by atoms with van der Waals surface area (Å²) in [5, 5.41) is 0. The number of aryl methyl sites for hydroxylation is 2. The highest BCUT2D eigenvalue weighted by Crippen LogP contribution is 2.38. The van der Waals surface area contributed by atoms with Crippen molar-refractivity contribution >= 4 is 0 Å². The van der Waals surface area contributed by atoms with E-state index in [1.807, 2.05) is 26.0 Å². The second-order valence-corrected chi connectivity index (χ2v) is 7.92. The van der Waals surface area contributed by atoms with Crippen LogP contribution in [0.25, 0.3) is 0 Å². The van der Waals surface area contributed by atoms with Gasteiger partial charge in [0.25, 0.3) is 0 Å². The molecule has 144 valence electrons. The maximum atomic E-state index is 6.18. The first-order chi connectivity index (χ1) is 13.1. The third-order valence-corrected chi connectivity index (χ3v) is 5.48. The van der Waals surface area contributed by atoms with E-state index in [0.717, 1.165) is 62.6 Å². The van der Waals surface area contributed by atoms with Crippen LogP contribution < -0.4 is 4.74 Å². The molecule has 2 fully saturated rings. The number of aromatic nitrogens is 3.